The van der Waals surface area contributed by atoms with Crippen LogP contribution in [0.25, 0.3) is 0 Å². The van der Waals surface area contributed by atoms with Gasteiger partial charge >= 0.3 is 0 Å². The van der Waals surface area contributed by atoms with Crippen molar-refractivity contribution in [2.75, 3.05) is 11.9 Å². The average Bonchev–Trinajstić information content (AvgIpc) is 2.12. The minimum atomic E-state index is -0.359. The van der Waals surface area contributed by atoms with E-state index in [-0.39, 0.29) is 11.5 Å². The van der Waals surface area contributed by atoms with Crippen molar-refractivity contribution in [3.05, 3.63) is 17.8 Å². The fraction of sp³-hybridized carbons (Fsp3) is 0.667. The van der Waals surface area contributed by atoms with Crippen molar-refractivity contribution < 1.29 is 5.11 Å². The van der Waals surface area contributed by atoms with E-state index in [4.69, 9.17) is 0 Å². The first-order chi connectivity index (χ1) is 7.37. The van der Waals surface area contributed by atoms with Crippen LogP contribution in [0.2, 0.25) is 0 Å². The molecular formula is C12H21N3O. The Labute approximate surface area is 97.1 Å². The lowest BCUT2D eigenvalue weighted by Crippen LogP contribution is -2.25. The lowest BCUT2D eigenvalue weighted by atomic mass is 9.89. The van der Waals surface area contributed by atoms with Crippen molar-refractivity contribution in [2.45, 2.75) is 40.2 Å². The molecule has 0 radical (unpaired) electrons. The number of hydrogen-bond donors (Lipinski definition) is 2. The summed E-state index contributed by atoms with van der Waals surface area (Å²) in [5, 5.41) is 20.7. The molecule has 0 spiro atoms. The van der Waals surface area contributed by atoms with Gasteiger partial charge in [-0.1, -0.05) is 20.8 Å². The van der Waals surface area contributed by atoms with E-state index in [2.05, 4.69) is 36.3 Å². The van der Waals surface area contributed by atoms with E-state index in [0.29, 0.717) is 12.4 Å². The molecule has 0 saturated heterocycles. The van der Waals surface area contributed by atoms with Crippen LogP contribution in [-0.2, 0) is 0 Å². The van der Waals surface area contributed by atoms with Gasteiger partial charge in [0.25, 0.3) is 0 Å². The summed E-state index contributed by atoms with van der Waals surface area (Å²) in [5.74, 6) is 0.716. The molecule has 1 heterocycles. The molecular weight excluding hydrogens is 202 g/mol. The lowest BCUT2D eigenvalue weighted by Gasteiger charge is -2.22. The first kappa shape index (κ1) is 12.9. The molecule has 1 atom stereocenters. The number of aliphatic hydroxyl groups excluding tert-OH is 1. The molecule has 1 unspecified atom stereocenters. The molecule has 1 aromatic heterocycles. The molecule has 16 heavy (non-hydrogen) atoms. The van der Waals surface area contributed by atoms with Gasteiger partial charge in [0.1, 0.15) is 5.82 Å². The van der Waals surface area contributed by atoms with Gasteiger partial charge in [-0.3, -0.25) is 0 Å². The maximum Gasteiger partial charge on any atom is 0.148 e. The van der Waals surface area contributed by atoms with Crippen LogP contribution in [0.3, 0.4) is 0 Å². The number of hydrogen-bond acceptors (Lipinski definition) is 4. The molecule has 0 fully saturated rings. The number of aliphatic hydroxyl groups is 1. The molecule has 90 valence electrons. The number of anilines is 1. The minimum absolute atomic E-state index is 0.138. The van der Waals surface area contributed by atoms with E-state index in [1.807, 2.05) is 13.0 Å². The number of nitrogens with zero attached hydrogens (tertiary/aromatic N) is 2. The van der Waals surface area contributed by atoms with Crippen molar-refractivity contribution >= 4 is 5.82 Å². The highest BCUT2D eigenvalue weighted by molar-refractivity contribution is 5.34. The molecule has 2 N–H and O–H groups in total. The van der Waals surface area contributed by atoms with Crippen molar-refractivity contribution in [1.82, 2.24) is 10.2 Å². The highest BCUT2D eigenvalue weighted by Gasteiger charge is 2.16. The molecule has 0 aliphatic carbocycles. The number of nitrogens with one attached hydrogen (secondary N) is 1. The summed E-state index contributed by atoms with van der Waals surface area (Å²) < 4.78 is 0. The summed E-state index contributed by atoms with van der Waals surface area (Å²) in [5.41, 5.74) is 1.20. The first-order valence-corrected chi connectivity index (χ1v) is 5.58. The van der Waals surface area contributed by atoms with Crippen LogP contribution in [-0.4, -0.2) is 28.0 Å². The van der Waals surface area contributed by atoms with Gasteiger partial charge in [0.05, 0.1) is 12.3 Å². The Morgan fingerprint density at radius 3 is 2.69 bits per heavy atom. The second-order valence-electron chi connectivity index (χ2n) is 5.42. The van der Waals surface area contributed by atoms with Crippen LogP contribution >= 0.6 is 0 Å². The standard InChI is InChI=1S/C12H21N3O/c1-9-5-11(15-14-7-9)13-8-10(16)6-12(2,3)4/h5,7,10,16H,6,8H2,1-4H3,(H,13,15). The Morgan fingerprint density at radius 2 is 2.12 bits per heavy atom. The second-order valence-corrected chi connectivity index (χ2v) is 5.42. The normalized spacial score (nSPS) is 13.6. The largest absolute Gasteiger partial charge is 0.391 e. The molecule has 0 saturated carbocycles. The molecule has 0 aliphatic heterocycles. The minimum Gasteiger partial charge on any atom is -0.391 e. The van der Waals surface area contributed by atoms with E-state index in [9.17, 15) is 5.11 Å². The monoisotopic (exact) mass is 223 g/mol. The molecule has 0 aliphatic rings. The number of rotatable bonds is 4. The number of aromatic nitrogens is 2. The van der Waals surface area contributed by atoms with Crippen molar-refractivity contribution in [2.24, 2.45) is 5.41 Å². The van der Waals surface area contributed by atoms with E-state index in [0.717, 1.165) is 12.0 Å². The van der Waals surface area contributed by atoms with Crippen molar-refractivity contribution in [3.63, 3.8) is 0 Å². The van der Waals surface area contributed by atoms with E-state index >= 15 is 0 Å². The van der Waals surface area contributed by atoms with Crippen LogP contribution in [0.1, 0.15) is 32.8 Å². The zero-order valence-electron chi connectivity index (χ0n) is 10.5. The summed E-state index contributed by atoms with van der Waals surface area (Å²) >= 11 is 0. The Morgan fingerprint density at radius 1 is 1.44 bits per heavy atom. The third-order valence-electron chi connectivity index (χ3n) is 2.16. The van der Waals surface area contributed by atoms with Crippen molar-refractivity contribution in [3.8, 4) is 0 Å². The quantitative estimate of drug-likeness (QED) is 0.819. The molecule has 1 rings (SSSR count). The maximum absolute atomic E-state index is 9.80. The Bertz CT molecular complexity index is 333. The molecule has 1 aromatic rings. The van der Waals surface area contributed by atoms with Gasteiger partial charge in [-0.15, -0.1) is 5.10 Å². The summed E-state index contributed by atoms with van der Waals surface area (Å²) in [6, 6.07) is 1.91. The average molecular weight is 223 g/mol. The van der Waals surface area contributed by atoms with Gasteiger partial charge in [-0.2, -0.15) is 5.10 Å². The van der Waals surface area contributed by atoms with E-state index in [1.165, 1.54) is 0 Å². The Kier molecular flexibility index (Phi) is 4.24. The van der Waals surface area contributed by atoms with E-state index < -0.39 is 0 Å². The topological polar surface area (TPSA) is 58.0 Å². The highest BCUT2D eigenvalue weighted by Crippen LogP contribution is 2.20. The lowest BCUT2D eigenvalue weighted by molar-refractivity contribution is 0.132. The van der Waals surface area contributed by atoms with Crippen LogP contribution in [0.15, 0.2) is 12.3 Å². The van der Waals surface area contributed by atoms with E-state index in [1.54, 1.807) is 6.20 Å². The smallest absolute Gasteiger partial charge is 0.148 e. The fourth-order valence-electron chi connectivity index (χ4n) is 1.55. The third-order valence-corrected chi connectivity index (χ3v) is 2.16. The molecule has 0 amide bonds. The van der Waals surface area contributed by atoms with Crippen LogP contribution < -0.4 is 5.32 Å². The molecule has 4 heteroatoms. The molecule has 4 nitrogen and oxygen atoms in total. The Hall–Kier alpha value is -1.16. The predicted octanol–water partition coefficient (Wildman–Crippen LogP) is 1.99. The third kappa shape index (κ3) is 5.07. The van der Waals surface area contributed by atoms with Crippen LogP contribution in [0, 0.1) is 12.3 Å². The van der Waals surface area contributed by atoms with Gasteiger partial charge in [0.15, 0.2) is 0 Å². The second kappa shape index (κ2) is 5.25. The van der Waals surface area contributed by atoms with Gasteiger partial charge < -0.3 is 10.4 Å². The highest BCUT2D eigenvalue weighted by atomic mass is 16.3. The van der Waals surface area contributed by atoms with Gasteiger partial charge in [0, 0.05) is 6.54 Å². The van der Waals surface area contributed by atoms with Crippen molar-refractivity contribution in [1.29, 1.82) is 0 Å². The number of aryl methyl sites for hydroxylation is 1. The zero-order chi connectivity index (χ0) is 12.2. The van der Waals surface area contributed by atoms with Gasteiger partial charge in [0.2, 0.25) is 0 Å². The summed E-state index contributed by atoms with van der Waals surface area (Å²) in [7, 11) is 0. The van der Waals surface area contributed by atoms with Crippen LogP contribution in [0.4, 0.5) is 5.82 Å². The maximum atomic E-state index is 9.80. The predicted molar refractivity (Wildman–Crippen MR) is 65.3 cm³/mol. The molecule has 0 bridgehead atoms. The summed E-state index contributed by atoms with van der Waals surface area (Å²) in [4.78, 5) is 0. The molecule has 0 aromatic carbocycles. The summed E-state index contributed by atoms with van der Waals surface area (Å²) in [6.07, 6.45) is 2.11. The zero-order valence-corrected chi connectivity index (χ0v) is 10.5. The fourth-order valence-corrected chi connectivity index (χ4v) is 1.55. The Balaban J connectivity index is 2.40. The van der Waals surface area contributed by atoms with Crippen LogP contribution in [0.5, 0.6) is 0 Å². The SMILES string of the molecule is Cc1cnnc(NCC(O)CC(C)(C)C)c1. The van der Waals surface area contributed by atoms with Gasteiger partial charge in [-0.25, -0.2) is 0 Å². The first-order valence-electron chi connectivity index (χ1n) is 5.58. The van der Waals surface area contributed by atoms with Gasteiger partial charge in [-0.05, 0) is 30.4 Å². The summed E-state index contributed by atoms with van der Waals surface area (Å²) in [6.45, 7) is 8.81.